The quantitative estimate of drug-likeness (QED) is 0.607. The lowest BCUT2D eigenvalue weighted by molar-refractivity contribution is 0.515. The summed E-state index contributed by atoms with van der Waals surface area (Å²) in [5.74, 6) is 0. The zero-order valence-corrected chi connectivity index (χ0v) is 8.78. The van der Waals surface area contributed by atoms with Gasteiger partial charge in [0.25, 0.3) is 0 Å². The van der Waals surface area contributed by atoms with Gasteiger partial charge in [-0.1, -0.05) is 18.8 Å². The van der Waals surface area contributed by atoms with Crippen LogP contribution in [0.25, 0.3) is 0 Å². The largest absolute Gasteiger partial charge is 0.330 e. The molecule has 0 unspecified atom stereocenters. The SMILES string of the molecule is C=C[Si](C)(C)NC(C)(C)C. The van der Waals surface area contributed by atoms with E-state index in [1.807, 2.05) is 0 Å². The Morgan fingerprint density at radius 2 is 1.70 bits per heavy atom. The van der Waals surface area contributed by atoms with Gasteiger partial charge in [-0.2, -0.15) is 0 Å². The van der Waals surface area contributed by atoms with Crippen molar-refractivity contribution in [2.75, 3.05) is 0 Å². The van der Waals surface area contributed by atoms with Crippen molar-refractivity contribution >= 4 is 8.24 Å². The second-order valence-electron chi connectivity index (χ2n) is 4.30. The minimum absolute atomic E-state index is 0.226. The Labute approximate surface area is 65.6 Å². The van der Waals surface area contributed by atoms with Crippen LogP contribution in [0, 0.1) is 0 Å². The Morgan fingerprint density at radius 3 is 1.80 bits per heavy atom. The van der Waals surface area contributed by atoms with Gasteiger partial charge >= 0.3 is 0 Å². The van der Waals surface area contributed by atoms with Crippen molar-refractivity contribution in [2.24, 2.45) is 0 Å². The summed E-state index contributed by atoms with van der Waals surface area (Å²) in [5, 5.41) is 0. The molecule has 0 atom stereocenters. The Kier molecular flexibility index (Phi) is 2.86. The molecule has 0 aromatic heterocycles. The molecule has 0 amide bonds. The Bertz CT molecular complexity index is 122. The lowest BCUT2D eigenvalue weighted by atomic mass is 10.1. The second kappa shape index (κ2) is 2.89. The van der Waals surface area contributed by atoms with Gasteiger partial charge < -0.3 is 4.98 Å². The fourth-order valence-corrected chi connectivity index (χ4v) is 3.05. The molecule has 60 valence electrons. The first-order chi connectivity index (χ1) is 4.27. The van der Waals surface area contributed by atoms with Gasteiger partial charge in [-0.05, 0) is 20.8 Å². The van der Waals surface area contributed by atoms with E-state index in [9.17, 15) is 0 Å². The molecule has 0 saturated carbocycles. The summed E-state index contributed by atoms with van der Waals surface area (Å²) in [6.45, 7) is 14.9. The van der Waals surface area contributed by atoms with E-state index in [-0.39, 0.29) is 5.54 Å². The molecule has 0 rings (SSSR count). The molecule has 1 nitrogen and oxygen atoms in total. The highest BCUT2D eigenvalue weighted by molar-refractivity contribution is 6.79. The highest BCUT2D eigenvalue weighted by Gasteiger charge is 2.22. The molecule has 1 N–H and O–H groups in total. The normalized spacial score (nSPS) is 13.3. The van der Waals surface area contributed by atoms with Crippen molar-refractivity contribution in [1.82, 2.24) is 4.98 Å². The van der Waals surface area contributed by atoms with Crippen molar-refractivity contribution in [2.45, 2.75) is 39.4 Å². The molecule has 0 aromatic carbocycles. The van der Waals surface area contributed by atoms with Gasteiger partial charge in [0.1, 0.15) is 8.24 Å². The summed E-state index contributed by atoms with van der Waals surface area (Å²) >= 11 is 0. The first kappa shape index (κ1) is 9.92. The molecule has 0 aliphatic heterocycles. The van der Waals surface area contributed by atoms with Crippen LogP contribution in [0.2, 0.25) is 13.1 Å². The maximum atomic E-state index is 3.82. The van der Waals surface area contributed by atoms with Gasteiger partial charge in [0.15, 0.2) is 0 Å². The highest BCUT2D eigenvalue weighted by atomic mass is 28.3. The van der Waals surface area contributed by atoms with E-state index in [0.29, 0.717) is 0 Å². The zero-order valence-electron chi connectivity index (χ0n) is 7.78. The maximum absolute atomic E-state index is 3.82. The molecule has 0 radical (unpaired) electrons. The lowest BCUT2D eigenvalue weighted by Gasteiger charge is -2.30. The summed E-state index contributed by atoms with van der Waals surface area (Å²) in [4.78, 5) is 3.57. The summed E-state index contributed by atoms with van der Waals surface area (Å²) < 4.78 is 0. The van der Waals surface area contributed by atoms with Gasteiger partial charge in [-0.3, -0.25) is 0 Å². The van der Waals surface area contributed by atoms with Crippen LogP contribution < -0.4 is 4.98 Å². The topological polar surface area (TPSA) is 12.0 Å². The van der Waals surface area contributed by atoms with E-state index in [4.69, 9.17) is 0 Å². The molecule has 0 aliphatic rings. The zero-order chi connectivity index (χ0) is 8.41. The van der Waals surface area contributed by atoms with E-state index in [1.165, 1.54) is 0 Å². The van der Waals surface area contributed by atoms with Crippen LogP contribution in [-0.4, -0.2) is 13.8 Å². The van der Waals surface area contributed by atoms with Crippen LogP contribution in [0.1, 0.15) is 20.8 Å². The predicted octanol–water partition coefficient (Wildman–Crippen LogP) is 2.30. The number of hydrogen-bond donors (Lipinski definition) is 1. The van der Waals surface area contributed by atoms with Crippen molar-refractivity contribution < 1.29 is 0 Å². The van der Waals surface area contributed by atoms with E-state index >= 15 is 0 Å². The van der Waals surface area contributed by atoms with Gasteiger partial charge in [0.2, 0.25) is 0 Å². The van der Waals surface area contributed by atoms with E-state index in [2.05, 4.69) is 51.1 Å². The fraction of sp³-hybridized carbons (Fsp3) is 0.750. The third-order valence-corrected chi connectivity index (χ3v) is 3.62. The molecule has 2 heteroatoms. The van der Waals surface area contributed by atoms with E-state index < -0.39 is 8.24 Å². The molecule has 0 spiro atoms. The minimum atomic E-state index is -1.30. The molecule has 10 heavy (non-hydrogen) atoms. The van der Waals surface area contributed by atoms with Gasteiger partial charge in [0, 0.05) is 5.54 Å². The maximum Gasteiger partial charge on any atom is 0.143 e. The van der Waals surface area contributed by atoms with Gasteiger partial charge in [-0.25, -0.2) is 0 Å². The molecule has 0 aliphatic carbocycles. The smallest absolute Gasteiger partial charge is 0.143 e. The molecule has 0 fully saturated rings. The van der Waals surface area contributed by atoms with Crippen LogP contribution in [0.3, 0.4) is 0 Å². The van der Waals surface area contributed by atoms with Crippen molar-refractivity contribution in [3.05, 3.63) is 12.3 Å². The third kappa shape index (κ3) is 4.76. The summed E-state index contributed by atoms with van der Waals surface area (Å²) in [7, 11) is -1.30. The fourth-order valence-electron chi connectivity index (χ4n) is 1.02. The van der Waals surface area contributed by atoms with Crippen LogP contribution in [0.15, 0.2) is 12.3 Å². The molecular formula is C8H19NSi. The summed E-state index contributed by atoms with van der Waals surface area (Å²) in [6, 6.07) is 0. The van der Waals surface area contributed by atoms with Crippen LogP contribution in [0.5, 0.6) is 0 Å². The average Bonchev–Trinajstić information content (AvgIpc) is 1.60. The number of rotatable bonds is 2. The van der Waals surface area contributed by atoms with Gasteiger partial charge in [-0.15, -0.1) is 6.58 Å². The molecular weight excluding hydrogens is 138 g/mol. The summed E-state index contributed by atoms with van der Waals surface area (Å²) in [5.41, 5.74) is 2.29. The molecule has 0 bridgehead atoms. The van der Waals surface area contributed by atoms with Crippen LogP contribution in [0.4, 0.5) is 0 Å². The van der Waals surface area contributed by atoms with Crippen LogP contribution >= 0.6 is 0 Å². The Balaban J connectivity index is 4.01. The monoisotopic (exact) mass is 157 g/mol. The molecule has 0 saturated heterocycles. The second-order valence-corrected chi connectivity index (χ2v) is 8.40. The third-order valence-electron chi connectivity index (χ3n) is 1.21. The van der Waals surface area contributed by atoms with E-state index in [1.54, 1.807) is 0 Å². The van der Waals surface area contributed by atoms with Crippen LogP contribution in [-0.2, 0) is 0 Å². The first-order valence-electron chi connectivity index (χ1n) is 3.70. The van der Waals surface area contributed by atoms with Crippen molar-refractivity contribution in [3.8, 4) is 0 Å². The first-order valence-corrected chi connectivity index (χ1v) is 6.77. The minimum Gasteiger partial charge on any atom is -0.330 e. The van der Waals surface area contributed by atoms with Crippen molar-refractivity contribution in [1.29, 1.82) is 0 Å². The van der Waals surface area contributed by atoms with Gasteiger partial charge in [0.05, 0.1) is 0 Å². The number of hydrogen-bond acceptors (Lipinski definition) is 1. The predicted molar refractivity (Wildman–Crippen MR) is 50.6 cm³/mol. The summed E-state index contributed by atoms with van der Waals surface area (Å²) in [6.07, 6.45) is 0. The molecule has 0 heterocycles. The van der Waals surface area contributed by atoms with Crippen molar-refractivity contribution in [3.63, 3.8) is 0 Å². The Morgan fingerprint density at radius 1 is 1.30 bits per heavy atom. The average molecular weight is 157 g/mol. The highest BCUT2D eigenvalue weighted by Crippen LogP contribution is 2.07. The standard InChI is InChI=1S/C8H19NSi/c1-7-10(5,6)9-8(2,3)4/h7,9H,1H2,2-6H3. The molecule has 0 aromatic rings. The van der Waals surface area contributed by atoms with E-state index in [0.717, 1.165) is 0 Å². The lowest BCUT2D eigenvalue weighted by Crippen LogP contribution is -2.53. The number of nitrogens with one attached hydrogen (secondary N) is 1. The Hall–Kier alpha value is -0.0831.